The number of nitrogens with one attached hydrogen (secondary N) is 1. The third-order valence-electron chi connectivity index (χ3n) is 3.90. The molecule has 1 aromatic rings. The molecule has 0 aromatic heterocycles. The summed E-state index contributed by atoms with van der Waals surface area (Å²) in [4.78, 5) is 4.89. The van der Waals surface area contributed by atoms with Gasteiger partial charge in [-0.05, 0) is 57.6 Å². The first kappa shape index (κ1) is 14.4. The fraction of sp³-hybridized carbons (Fsp3) is 0.625. The van der Waals surface area contributed by atoms with Gasteiger partial charge in [0.25, 0.3) is 0 Å². The highest BCUT2D eigenvalue weighted by molar-refractivity contribution is 5.45. The number of benzene rings is 1. The van der Waals surface area contributed by atoms with Crippen LogP contribution >= 0.6 is 0 Å². The van der Waals surface area contributed by atoms with Gasteiger partial charge < -0.3 is 15.1 Å². The lowest BCUT2D eigenvalue weighted by Crippen LogP contribution is -2.31. The normalized spacial score (nSPS) is 20.1. The van der Waals surface area contributed by atoms with Gasteiger partial charge in [-0.2, -0.15) is 0 Å². The van der Waals surface area contributed by atoms with Crippen LogP contribution in [0, 0.1) is 12.8 Å². The SMILES string of the molecule is Cc1cccc(NCCN(C)CC2CCN(C)C2)c1. The standard InChI is InChI=1S/C16H27N3/c1-14-5-4-6-16(11-14)17-8-10-19(3)13-15-7-9-18(2)12-15/h4-6,11,15,17H,7-10,12-13H2,1-3H3. The number of likely N-dealkylation sites (tertiary alicyclic amines) is 1. The fourth-order valence-electron chi connectivity index (χ4n) is 2.85. The summed E-state index contributed by atoms with van der Waals surface area (Å²) in [7, 11) is 4.45. The molecule has 1 N–H and O–H groups in total. The number of likely N-dealkylation sites (N-methyl/N-ethyl adjacent to an activating group) is 1. The first-order valence-corrected chi connectivity index (χ1v) is 7.31. The van der Waals surface area contributed by atoms with E-state index in [2.05, 4.69) is 60.4 Å². The lowest BCUT2D eigenvalue weighted by atomic mass is 10.1. The molecule has 2 rings (SSSR count). The zero-order valence-electron chi connectivity index (χ0n) is 12.5. The van der Waals surface area contributed by atoms with Crippen LogP contribution in [0.1, 0.15) is 12.0 Å². The lowest BCUT2D eigenvalue weighted by molar-refractivity contribution is 0.281. The second-order valence-electron chi connectivity index (χ2n) is 5.98. The predicted molar refractivity (Wildman–Crippen MR) is 82.8 cm³/mol. The van der Waals surface area contributed by atoms with Gasteiger partial charge in [-0.25, -0.2) is 0 Å². The second kappa shape index (κ2) is 6.92. The first-order valence-electron chi connectivity index (χ1n) is 7.31. The molecule has 0 amide bonds. The van der Waals surface area contributed by atoms with Gasteiger partial charge in [0.1, 0.15) is 0 Å². The van der Waals surface area contributed by atoms with Crippen molar-refractivity contribution in [1.82, 2.24) is 9.80 Å². The van der Waals surface area contributed by atoms with Crippen LogP contribution in [0.3, 0.4) is 0 Å². The molecule has 1 unspecified atom stereocenters. The summed E-state index contributed by atoms with van der Waals surface area (Å²) in [5, 5.41) is 3.50. The Balaban J connectivity index is 1.65. The topological polar surface area (TPSA) is 18.5 Å². The molecule has 1 aliphatic rings. The summed E-state index contributed by atoms with van der Waals surface area (Å²) < 4.78 is 0. The molecule has 19 heavy (non-hydrogen) atoms. The molecule has 0 radical (unpaired) electrons. The van der Waals surface area contributed by atoms with E-state index in [4.69, 9.17) is 0 Å². The molecular weight excluding hydrogens is 234 g/mol. The number of anilines is 1. The summed E-state index contributed by atoms with van der Waals surface area (Å²) in [5.41, 5.74) is 2.54. The van der Waals surface area contributed by atoms with Crippen molar-refractivity contribution >= 4 is 5.69 Å². The van der Waals surface area contributed by atoms with Crippen molar-refractivity contribution in [3.05, 3.63) is 29.8 Å². The van der Waals surface area contributed by atoms with Crippen LogP contribution < -0.4 is 5.32 Å². The van der Waals surface area contributed by atoms with Gasteiger partial charge in [0, 0.05) is 31.9 Å². The van der Waals surface area contributed by atoms with E-state index in [1.54, 1.807) is 0 Å². The van der Waals surface area contributed by atoms with Crippen molar-refractivity contribution in [3.63, 3.8) is 0 Å². The van der Waals surface area contributed by atoms with Crippen LogP contribution in [0.5, 0.6) is 0 Å². The van der Waals surface area contributed by atoms with Crippen LogP contribution in [-0.4, -0.2) is 56.6 Å². The Morgan fingerprint density at radius 2 is 2.26 bits per heavy atom. The van der Waals surface area contributed by atoms with E-state index < -0.39 is 0 Å². The van der Waals surface area contributed by atoms with Crippen molar-refractivity contribution in [2.45, 2.75) is 13.3 Å². The van der Waals surface area contributed by atoms with Crippen molar-refractivity contribution in [2.24, 2.45) is 5.92 Å². The minimum atomic E-state index is 0.856. The third-order valence-corrected chi connectivity index (χ3v) is 3.90. The Bertz CT molecular complexity index is 391. The van der Waals surface area contributed by atoms with Gasteiger partial charge in [-0.15, -0.1) is 0 Å². The van der Waals surface area contributed by atoms with Crippen LogP contribution in [-0.2, 0) is 0 Å². The molecule has 1 heterocycles. The van der Waals surface area contributed by atoms with Crippen molar-refractivity contribution in [2.75, 3.05) is 52.1 Å². The van der Waals surface area contributed by atoms with Crippen LogP contribution in [0.4, 0.5) is 5.69 Å². The summed E-state index contributed by atoms with van der Waals surface area (Å²) in [6.07, 6.45) is 1.35. The molecule has 3 heteroatoms. The molecule has 1 fully saturated rings. The van der Waals surface area contributed by atoms with Crippen LogP contribution in [0.15, 0.2) is 24.3 Å². The molecule has 1 aliphatic heterocycles. The zero-order valence-corrected chi connectivity index (χ0v) is 12.5. The third kappa shape index (κ3) is 4.84. The highest BCUT2D eigenvalue weighted by Gasteiger charge is 2.20. The average Bonchev–Trinajstić information content (AvgIpc) is 2.75. The molecule has 1 saturated heterocycles. The molecule has 0 aliphatic carbocycles. The summed E-state index contributed by atoms with van der Waals surface area (Å²) in [6.45, 7) is 8.00. The smallest absolute Gasteiger partial charge is 0.0343 e. The lowest BCUT2D eigenvalue weighted by Gasteiger charge is -2.21. The maximum Gasteiger partial charge on any atom is 0.0343 e. The van der Waals surface area contributed by atoms with Crippen LogP contribution in [0.2, 0.25) is 0 Å². The maximum absolute atomic E-state index is 3.50. The largest absolute Gasteiger partial charge is 0.384 e. The Kier molecular flexibility index (Phi) is 5.23. The number of hydrogen-bond donors (Lipinski definition) is 1. The quantitative estimate of drug-likeness (QED) is 0.847. The summed E-state index contributed by atoms with van der Waals surface area (Å²) in [5.74, 6) is 0.856. The van der Waals surface area contributed by atoms with Gasteiger partial charge in [-0.3, -0.25) is 0 Å². The molecule has 106 valence electrons. The van der Waals surface area contributed by atoms with Crippen molar-refractivity contribution in [1.29, 1.82) is 0 Å². The monoisotopic (exact) mass is 261 g/mol. The Labute approximate surface area is 117 Å². The van der Waals surface area contributed by atoms with E-state index >= 15 is 0 Å². The van der Waals surface area contributed by atoms with Gasteiger partial charge in [0.15, 0.2) is 0 Å². The van der Waals surface area contributed by atoms with E-state index in [9.17, 15) is 0 Å². The molecule has 0 spiro atoms. The van der Waals surface area contributed by atoms with E-state index in [-0.39, 0.29) is 0 Å². The van der Waals surface area contributed by atoms with Crippen molar-refractivity contribution in [3.8, 4) is 0 Å². The zero-order chi connectivity index (χ0) is 13.7. The second-order valence-corrected chi connectivity index (χ2v) is 5.98. The highest BCUT2D eigenvalue weighted by Crippen LogP contribution is 2.15. The average molecular weight is 261 g/mol. The number of aryl methyl sites for hydroxylation is 1. The molecule has 0 bridgehead atoms. The molecule has 0 saturated carbocycles. The van der Waals surface area contributed by atoms with E-state index in [1.165, 1.54) is 37.3 Å². The highest BCUT2D eigenvalue weighted by atomic mass is 15.2. The van der Waals surface area contributed by atoms with E-state index in [1.807, 2.05) is 0 Å². The van der Waals surface area contributed by atoms with Gasteiger partial charge in [0.2, 0.25) is 0 Å². The molecule has 3 nitrogen and oxygen atoms in total. The number of rotatable bonds is 6. The van der Waals surface area contributed by atoms with Crippen molar-refractivity contribution < 1.29 is 0 Å². The van der Waals surface area contributed by atoms with Gasteiger partial charge >= 0.3 is 0 Å². The molecule has 1 atom stereocenters. The van der Waals surface area contributed by atoms with E-state index in [0.717, 1.165) is 19.0 Å². The number of hydrogen-bond acceptors (Lipinski definition) is 3. The fourth-order valence-corrected chi connectivity index (χ4v) is 2.85. The van der Waals surface area contributed by atoms with Gasteiger partial charge in [0.05, 0.1) is 0 Å². The molecular formula is C16H27N3. The van der Waals surface area contributed by atoms with Crippen LogP contribution in [0.25, 0.3) is 0 Å². The minimum absolute atomic E-state index is 0.856. The maximum atomic E-state index is 3.50. The van der Waals surface area contributed by atoms with Gasteiger partial charge in [-0.1, -0.05) is 12.1 Å². The Morgan fingerprint density at radius 3 is 2.95 bits per heavy atom. The summed E-state index contributed by atoms with van der Waals surface area (Å²) in [6, 6.07) is 8.58. The summed E-state index contributed by atoms with van der Waals surface area (Å²) >= 11 is 0. The van der Waals surface area contributed by atoms with E-state index in [0.29, 0.717) is 0 Å². The first-order chi connectivity index (χ1) is 9.13. The number of nitrogens with zero attached hydrogens (tertiary/aromatic N) is 2. The minimum Gasteiger partial charge on any atom is -0.384 e. The predicted octanol–water partition coefficient (Wildman–Crippen LogP) is 2.29. The Hall–Kier alpha value is -1.06. The molecule has 1 aromatic carbocycles. The Morgan fingerprint density at radius 1 is 1.42 bits per heavy atom.